The van der Waals surface area contributed by atoms with Crippen LogP contribution in [0.2, 0.25) is 0 Å². The third kappa shape index (κ3) is 1.64. The lowest BCUT2D eigenvalue weighted by molar-refractivity contribution is 0.549. The standard InChI is InChI=1S/C8H15N5/c1-6-4-3-5-7(6)9-8-10-11-12-13(8)2/h6-7H,3-5H2,1-2H3,(H,9,10,12). The predicted molar refractivity (Wildman–Crippen MR) is 49.2 cm³/mol. The molecule has 2 unspecified atom stereocenters. The molecule has 1 aliphatic carbocycles. The molecular formula is C8H15N5. The molecule has 2 rings (SSSR count). The van der Waals surface area contributed by atoms with Crippen LogP contribution in [0.25, 0.3) is 0 Å². The summed E-state index contributed by atoms with van der Waals surface area (Å²) < 4.78 is 1.67. The highest BCUT2D eigenvalue weighted by molar-refractivity contribution is 5.24. The Balaban J connectivity index is 2.01. The lowest BCUT2D eigenvalue weighted by atomic mass is 10.1. The van der Waals surface area contributed by atoms with Crippen molar-refractivity contribution < 1.29 is 0 Å². The summed E-state index contributed by atoms with van der Waals surface area (Å²) in [5.74, 6) is 1.51. The molecule has 13 heavy (non-hydrogen) atoms. The molecule has 5 nitrogen and oxygen atoms in total. The van der Waals surface area contributed by atoms with Gasteiger partial charge >= 0.3 is 0 Å². The summed E-state index contributed by atoms with van der Waals surface area (Å²) in [4.78, 5) is 0. The highest BCUT2D eigenvalue weighted by Crippen LogP contribution is 2.26. The van der Waals surface area contributed by atoms with Gasteiger partial charge in [0.1, 0.15) is 0 Å². The van der Waals surface area contributed by atoms with Crippen molar-refractivity contribution in [3.63, 3.8) is 0 Å². The molecule has 0 aromatic carbocycles. The van der Waals surface area contributed by atoms with Gasteiger partial charge in [-0.1, -0.05) is 18.4 Å². The van der Waals surface area contributed by atoms with Crippen LogP contribution in [0.3, 0.4) is 0 Å². The SMILES string of the molecule is CC1CCCC1Nc1nnnn1C. The van der Waals surface area contributed by atoms with Crippen molar-refractivity contribution >= 4 is 5.95 Å². The Morgan fingerprint density at radius 2 is 2.31 bits per heavy atom. The van der Waals surface area contributed by atoms with E-state index in [2.05, 4.69) is 27.8 Å². The number of aromatic nitrogens is 4. The lowest BCUT2D eigenvalue weighted by Crippen LogP contribution is -2.23. The lowest BCUT2D eigenvalue weighted by Gasteiger charge is -2.16. The maximum absolute atomic E-state index is 3.90. The van der Waals surface area contributed by atoms with E-state index in [1.807, 2.05) is 7.05 Å². The number of nitrogens with one attached hydrogen (secondary N) is 1. The van der Waals surface area contributed by atoms with Crippen molar-refractivity contribution in [2.45, 2.75) is 32.2 Å². The first kappa shape index (κ1) is 8.47. The highest BCUT2D eigenvalue weighted by atomic mass is 15.6. The van der Waals surface area contributed by atoms with Gasteiger partial charge in [-0.25, -0.2) is 4.68 Å². The zero-order chi connectivity index (χ0) is 9.26. The Kier molecular flexibility index (Phi) is 2.16. The normalized spacial score (nSPS) is 27.8. The second-order valence-corrected chi connectivity index (χ2v) is 3.79. The zero-order valence-corrected chi connectivity index (χ0v) is 8.06. The van der Waals surface area contributed by atoms with Crippen LogP contribution in [0, 0.1) is 5.92 Å². The topological polar surface area (TPSA) is 55.6 Å². The smallest absolute Gasteiger partial charge is 0.242 e. The third-order valence-electron chi connectivity index (χ3n) is 2.80. The molecule has 0 radical (unpaired) electrons. The number of hydrogen-bond acceptors (Lipinski definition) is 4. The number of tetrazole rings is 1. The van der Waals surface area contributed by atoms with Gasteiger partial charge in [0.2, 0.25) is 5.95 Å². The molecule has 1 heterocycles. The fourth-order valence-corrected chi connectivity index (χ4v) is 1.88. The van der Waals surface area contributed by atoms with Crippen molar-refractivity contribution in [1.29, 1.82) is 0 Å². The Morgan fingerprint density at radius 1 is 1.46 bits per heavy atom. The molecule has 0 aliphatic heterocycles. The van der Waals surface area contributed by atoms with Gasteiger partial charge in [0.25, 0.3) is 0 Å². The average Bonchev–Trinajstić information content (AvgIpc) is 2.65. The number of anilines is 1. The molecule has 0 spiro atoms. The van der Waals surface area contributed by atoms with Crippen LogP contribution in [-0.2, 0) is 7.05 Å². The second-order valence-electron chi connectivity index (χ2n) is 3.79. The van der Waals surface area contributed by atoms with Crippen LogP contribution in [0.5, 0.6) is 0 Å². The monoisotopic (exact) mass is 181 g/mol. The fourth-order valence-electron chi connectivity index (χ4n) is 1.88. The van der Waals surface area contributed by atoms with Gasteiger partial charge in [-0.2, -0.15) is 0 Å². The van der Waals surface area contributed by atoms with Gasteiger partial charge in [0.05, 0.1) is 0 Å². The molecule has 1 aromatic rings. The second kappa shape index (κ2) is 3.32. The van der Waals surface area contributed by atoms with E-state index in [0.717, 1.165) is 11.9 Å². The first-order valence-electron chi connectivity index (χ1n) is 4.76. The van der Waals surface area contributed by atoms with Crippen molar-refractivity contribution in [3.8, 4) is 0 Å². The van der Waals surface area contributed by atoms with Crippen molar-refractivity contribution in [3.05, 3.63) is 0 Å². The zero-order valence-electron chi connectivity index (χ0n) is 8.06. The van der Waals surface area contributed by atoms with Crippen LogP contribution in [0.15, 0.2) is 0 Å². The molecular weight excluding hydrogens is 166 g/mol. The Hall–Kier alpha value is -1.13. The maximum atomic E-state index is 3.90. The van der Waals surface area contributed by atoms with E-state index in [9.17, 15) is 0 Å². The summed E-state index contributed by atoms with van der Waals surface area (Å²) in [7, 11) is 1.85. The van der Waals surface area contributed by atoms with Gasteiger partial charge in [-0.15, -0.1) is 0 Å². The predicted octanol–water partition coefficient (Wildman–Crippen LogP) is 0.811. The summed E-state index contributed by atoms with van der Waals surface area (Å²) in [5, 5.41) is 14.6. The molecule has 0 amide bonds. The summed E-state index contributed by atoms with van der Waals surface area (Å²) in [5.41, 5.74) is 0. The highest BCUT2D eigenvalue weighted by Gasteiger charge is 2.24. The molecule has 2 atom stereocenters. The quantitative estimate of drug-likeness (QED) is 0.733. The van der Waals surface area contributed by atoms with E-state index in [4.69, 9.17) is 0 Å². The number of hydrogen-bond donors (Lipinski definition) is 1. The minimum absolute atomic E-state index is 0.546. The van der Waals surface area contributed by atoms with Gasteiger partial charge < -0.3 is 5.32 Å². The first-order valence-corrected chi connectivity index (χ1v) is 4.76. The number of aryl methyl sites for hydroxylation is 1. The van der Waals surface area contributed by atoms with E-state index in [-0.39, 0.29) is 0 Å². The molecule has 1 fully saturated rings. The van der Waals surface area contributed by atoms with E-state index >= 15 is 0 Å². The Morgan fingerprint density at radius 3 is 2.85 bits per heavy atom. The van der Waals surface area contributed by atoms with Crippen molar-refractivity contribution in [2.24, 2.45) is 13.0 Å². The summed E-state index contributed by atoms with van der Waals surface area (Å²) >= 11 is 0. The molecule has 1 aliphatic rings. The molecule has 1 aromatic heterocycles. The minimum atomic E-state index is 0.546. The first-order chi connectivity index (χ1) is 6.27. The van der Waals surface area contributed by atoms with Crippen molar-refractivity contribution in [1.82, 2.24) is 20.2 Å². The van der Waals surface area contributed by atoms with Crippen LogP contribution < -0.4 is 5.32 Å². The number of nitrogens with zero attached hydrogens (tertiary/aromatic N) is 4. The Labute approximate surface area is 77.5 Å². The number of rotatable bonds is 2. The molecule has 72 valence electrons. The fraction of sp³-hybridized carbons (Fsp3) is 0.875. The van der Waals surface area contributed by atoms with Gasteiger partial charge in [0.15, 0.2) is 0 Å². The molecule has 1 saturated carbocycles. The molecule has 5 heteroatoms. The van der Waals surface area contributed by atoms with E-state index in [1.165, 1.54) is 19.3 Å². The van der Waals surface area contributed by atoms with E-state index in [1.54, 1.807) is 4.68 Å². The van der Waals surface area contributed by atoms with Gasteiger partial charge in [-0.3, -0.25) is 0 Å². The van der Waals surface area contributed by atoms with E-state index in [0.29, 0.717) is 6.04 Å². The van der Waals surface area contributed by atoms with Gasteiger partial charge in [-0.05, 0) is 29.2 Å². The van der Waals surface area contributed by atoms with Crippen LogP contribution >= 0.6 is 0 Å². The van der Waals surface area contributed by atoms with Crippen LogP contribution in [-0.4, -0.2) is 26.2 Å². The molecule has 0 saturated heterocycles. The largest absolute Gasteiger partial charge is 0.350 e. The molecule has 1 N–H and O–H groups in total. The van der Waals surface area contributed by atoms with Crippen LogP contribution in [0.4, 0.5) is 5.95 Å². The van der Waals surface area contributed by atoms with Crippen LogP contribution in [0.1, 0.15) is 26.2 Å². The summed E-state index contributed by atoms with van der Waals surface area (Å²) in [6.07, 6.45) is 3.85. The summed E-state index contributed by atoms with van der Waals surface area (Å²) in [6.45, 7) is 2.27. The summed E-state index contributed by atoms with van der Waals surface area (Å²) in [6, 6.07) is 0.546. The Bertz CT molecular complexity index is 282. The average molecular weight is 181 g/mol. The van der Waals surface area contributed by atoms with Gasteiger partial charge in [0, 0.05) is 13.1 Å². The van der Waals surface area contributed by atoms with Crippen molar-refractivity contribution in [2.75, 3.05) is 5.32 Å². The maximum Gasteiger partial charge on any atom is 0.242 e. The third-order valence-corrected chi connectivity index (χ3v) is 2.80. The van der Waals surface area contributed by atoms with E-state index < -0.39 is 0 Å². The molecule has 0 bridgehead atoms. The minimum Gasteiger partial charge on any atom is -0.350 e.